The standard InChI is InChI=1S/C27H34N4O7/c1-7-16-13-27(16,24(33)36-8-2)30-22(32)21-12-18(14-31(21)25(34)38-26(3,4)5)37-23-19-10-9-17(35-6)11-20(19)28-15-29-23/h7,9-11,15-16,18,21H,1,8,12-14H2,2-6H3,(H,30,32)/t16-,18-,21+,27-/m1/s1. The number of nitrogens with one attached hydrogen (secondary N) is 1. The van der Waals surface area contributed by atoms with Crippen LogP contribution in [0.2, 0.25) is 0 Å². The maximum absolute atomic E-state index is 13.5. The Morgan fingerprint density at radius 2 is 2.03 bits per heavy atom. The highest BCUT2D eigenvalue weighted by atomic mass is 16.6. The maximum Gasteiger partial charge on any atom is 0.411 e. The van der Waals surface area contributed by atoms with E-state index in [9.17, 15) is 14.4 Å². The fourth-order valence-corrected chi connectivity index (χ4v) is 4.61. The van der Waals surface area contributed by atoms with Gasteiger partial charge in [-0.15, -0.1) is 6.58 Å². The van der Waals surface area contributed by atoms with Gasteiger partial charge in [0.2, 0.25) is 11.8 Å². The molecule has 4 rings (SSSR count). The first kappa shape index (κ1) is 27.2. The highest BCUT2D eigenvalue weighted by molar-refractivity contribution is 5.95. The largest absolute Gasteiger partial charge is 0.497 e. The third-order valence-corrected chi connectivity index (χ3v) is 6.56. The van der Waals surface area contributed by atoms with Crippen LogP contribution >= 0.6 is 0 Å². The van der Waals surface area contributed by atoms with Crippen molar-refractivity contribution >= 4 is 28.9 Å². The van der Waals surface area contributed by atoms with E-state index in [0.29, 0.717) is 29.0 Å². The van der Waals surface area contributed by atoms with Crippen LogP contribution in [0.1, 0.15) is 40.5 Å². The second kappa shape index (κ2) is 10.5. The minimum Gasteiger partial charge on any atom is -0.497 e. The van der Waals surface area contributed by atoms with Crippen LogP contribution in [0.5, 0.6) is 11.6 Å². The molecule has 38 heavy (non-hydrogen) atoms. The van der Waals surface area contributed by atoms with Gasteiger partial charge in [0.05, 0.1) is 31.2 Å². The molecule has 1 N–H and O–H groups in total. The Kier molecular flexibility index (Phi) is 7.48. The average molecular weight is 527 g/mol. The van der Waals surface area contributed by atoms with E-state index in [1.54, 1.807) is 59.1 Å². The highest BCUT2D eigenvalue weighted by Crippen LogP contribution is 2.45. The van der Waals surface area contributed by atoms with Crippen LogP contribution in [-0.2, 0) is 19.1 Å². The fourth-order valence-electron chi connectivity index (χ4n) is 4.61. The van der Waals surface area contributed by atoms with Crippen LogP contribution in [0.4, 0.5) is 4.79 Å². The summed E-state index contributed by atoms with van der Waals surface area (Å²) in [5.74, 6) is -0.292. The van der Waals surface area contributed by atoms with E-state index in [0.717, 1.165) is 0 Å². The number of esters is 1. The molecule has 11 heteroatoms. The summed E-state index contributed by atoms with van der Waals surface area (Å²) in [5.41, 5.74) is -1.32. The van der Waals surface area contributed by atoms with Gasteiger partial charge in [0.1, 0.15) is 35.4 Å². The molecule has 2 heterocycles. The summed E-state index contributed by atoms with van der Waals surface area (Å²) in [6, 6.07) is 4.40. The molecule has 2 fully saturated rings. The average Bonchev–Trinajstić information content (AvgIpc) is 3.42. The molecule has 0 radical (unpaired) electrons. The first-order chi connectivity index (χ1) is 18.0. The van der Waals surface area contributed by atoms with Crippen molar-refractivity contribution in [2.24, 2.45) is 5.92 Å². The molecule has 0 bridgehead atoms. The molecule has 2 amide bonds. The van der Waals surface area contributed by atoms with E-state index in [-0.39, 0.29) is 25.5 Å². The molecule has 1 aliphatic heterocycles. The van der Waals surface area contributed by atoms with Crippen LogP contribution in [0.3, 0.4) is 0 Å². The Morgan fingerprint density at radius 3 is 2.66 bits per heavy atom. The van der Waals surface area contributed by atoms with Gasteiger partial charge in [-0.1, -0.05) is 6.08 Å². The Balaban J connectivity index is 1.57. The minimum atomic E-state index is -1.19. The van der Waals surface area contributed by atoms with Gasteiger partial charge in [0, 0.05) is 18.4 Å². The third kappa shape index (κ3) is 5.51. The van der Waals surface area contributed by atoms with Crippen molar-refractivity contribution in [3.63, 3.8) is 0 Å². The van der Waals surface area contributed by atoms with E-state index >= 15 is 0 Å². The predicted molar refractivity (Wildman–Crippen MR) is 138 cm³/mol. The van der Waals surface area contributed by atoms with Gasteiger partial charge >= 0.3 is 12.1 Å². The zero-order valence-electron chi connectivity index (χ0n) is 22.4. The second-order valence-electron chi connectivity index (χ2n) is 10.4. The Morgan fingerprint density at radius 1 is 1.26 bits per heavy atom. The number of hydrogen-bond acceptors (Lipinski definition) is 9. The van der Waals surface area contributed by atoms with Crippen LogP contribution in [0.15, 0.2) is 37.2 Å². The van der Waals surface area contributed by atoms with Crippen molar-refractivity contribution in [2.75, 3.05) is 20.3 Å². The quantitative estimate of drug-likeness (QED) is 0.408. The van der Waals surface area contributed by atoms with Crippen LogP contribution in [0.25, 0.3) is 10.9 Å². The number of amides is 2. The lowest BCUT2D eigenvalue weighted by Gasteiger charge is -2.28. The zero-order chi connectivity index (χ0) is 27.7. The van der Waals surface area contributed by atoms with Crippen molar-refractivity contribution in [1.29, 1.82) is 0 Å². The summed E-state index contributed by atoms with van der Waals surface area (Å²) < 4.78 is 22.2. The number of rotatable bonds is 8. The number of methoxy groups -OCH3 is 1. The third-order valence-electron chi connectivity index (χ3n) is 6.56. The number of carbonyl (C=O) groups excluding carboxylic acids is 3. The molecule has 1 aromatic carbocycles. The monoisotopic (exact) mass is 526 g/mol. The van der Waals surface area contributed by atoms with Crippen molar-refractivity contribution in [2.45, 2.75) is 63.8 Å². The summed E-state index contributed by atoms with van der Waals surface area (Å²) in [7, 11) is 1.57. The SMILES string of the molecule is C=C[C@@H]1C[C@]1(NC(=O)[C@@H]1C[C@@H](Oc2ncnc3cc(OC)ccc23)CN1C(=O)OC(C)(C)C)C(=O)OCC. The van der Waals surface area contributed by atoms with E-state index in [1.807, 2.05) is 0 Å². The predicted octanol–water partition coefficient (Wildman–Crippen LogP) is 3.02. The van der Waals surface area contributed by atoms with E-state index in [1.165, 1.54) is 11.2 Å². The molecule has 11 nitrogen and oxygen atoms in total. The van der Waals surface area contributed by atoms with Crippen molar-refractivity contribution in [3.05, 3.63) is 37.2 Å². The smallest absolute Gasteiger partial charge is 0.411 e. The van der Waals surface area contributed by atoms with E-state index in [4.69, 9.17) is 18.9 Å². The fraction of sp³-hybridized carbons (Fsp3) is 0.519. The summed E-state index contributed by atoms with van der Waals surface area (Å²) in [6.07, 6.45) is 2.35. The van der Waals surface area contributed by atoms with Gasteiger partial charge in [-0.25, -0.2) is 19.6 Å². The van der Waals surface area contributed by atoms with Gasteiger partial charge in [0.25, 0.3) is 0 Å². The van der Waals surface area contributed by atoms with Gasteiger partial charge in [0.15, 0.2) is 0 Å². The van der Waals surface area contributed by atoms with Crippen LogP contribution in [0, 0.1) is 5.92 Å². The van der Waals surface area contributed by atoms with Crippen molar-refractivity contribution < 1.29 is 33.3 Å². The van der Waals surface area contributed by atoms with Crippen molar-refractivity contribution in [1.82, 2.24) is 20.2 Å². The summed E-state index contributed by atoms with van der Waals surface area (Å²) in [5, 5.41) is 3.50. The first-order valence-corrected chi connectivity index (χ1v) is 12.6. The lowest BCUT2D eigenvalue weighted by Crippen LogP contribution is -2.53. The second-order valence-corrected chi connectivity index (χ2v) is 10.4. The number of fused-ring (bicyclic) bond motifs is 1. The number of carbonyl (C=O) groups is 3. The molecular weight excluding hydrogens is 492 g/mol. The number of ether oxygens (including phenoxy) is 4. The topological polar surface area (TPSA) is 129 Å². The highest BCUT2D eigenvalue weighted by Gasteiger charge is 2.62. The molecule has 1 saturated carbocycles. The van der Waals surface area contributed by atoms with Crippen LogP contribution < -0.4 is 14.8 Å². The number of likely N-dealkylation sites (tertiary alicyclic amines) is 1. The number of aromatic nitrogens is 2. The lowest BCUT2D eigenvalue weighted by atomic mass is 10.1. The zero-order valence-corrected chi connectivity index (χ0v) is 22.4. The molecule has 1 saturated heterocycles. The number of nitrogens with zero attached hydrogens (tertiary/aromatic N) is 3. The van der Waals surface area contributed by atoms with Gasteiger partial charge in [-0.05, 0) is 46.2 Å². The summed E-state index contributed by atoms with van der Waals surface area (Å²) in [6.45, 7) is 11.0. The molecular formula is C27H34N4O7. The maximum atomic E-state index is 13.5. The normalized spacial score (nSPS) is 24.4. The van der Waals surface area contributed by atoms with E-state index in [2.05, 4.69) is 21.9 Å². The number of hydrogen-bond donors (Lipinski definition) is 1. The van der Waals surface area contributed by atoms with Gasteiger partial charge in [-0.2, -0.15) is 0 Å². The van der Waals surface area contributed by atoms with Crippen molar-refractivity contribution in [3.8, 4) is 11.6 Å². The van der Waals surface area contributed by atoms with Crippen LogP contribution in [-0.4, -0.2) is 76.4 Å². The molecule has 1 aliphatic carbocycles. The van der Waals surface area contributed by atoms with E-state index < -0.39 is 41.3 Å². The minimum absolute atomic E-state index is 0.0892. The lowest BCUT2D eigenvalue weighted by molar-refractivity contribution is -0.149. The molecule has 4 atom stereocenters. The first-order valence-electron chi connectivity index (χ1n) is 12.6. The molecule has 2 aliphatic rings. The Labute approximate surface area is 221 Å². The number of benzene rings is 1. The molecule has 1 aromatic heterocycles. The van der Waals surface area contributed by atoms with Gasteiger partial charge in [-0.3, -0.25) is 9.69 Å². The Hall–Kier alpha value is -3.89. The van der Waals surface area contributed by atoms with Gasteiger partial charge < -0.3 is 24.3 Å². The molecule has 204 valence electrons. The Bertz CT molecular complexity index is 1240. The summed E-state index contributed by atoms with van der Waals surface area (Å²) in [4.78, 5) is 49.2. The molecule has 2 aromatic rings. The molecule has 0 spiro atoms. The molecule has 0 unspecified atom stereocenters. The summed E-state index contributed by atoms with van der Waals surface area (Å²) >= 11 is 0.